The molecule has 0 aliphatic rings. The highest BCUT2D eigenvalue weighted by atomic mass is 16.5. The molecule has 0 aromatic rings. The average Bonchev–Trinajstić information content (AvgIpc) is 2.25. The summed E-state index contributed by atoms with van der Waals surface area (Å²) >= 11 is 0. The van der Waals surface area contributed by atoms with E-state index in [2.05, 4.69) is 5.32 Å². The van der Waals surface area contributed by atoms with E-state index in [0.29, 0.717) is 26.4 Å². The van der Waals surface area contributed by atoms with Crippen molar-refractivity contribution in [1.82, 2.24) is 5.32 Å². The summed E-state index contributed by atoms with van der Waals surface area (Å²) in [6.07, 6.45) is 0.0471. The van der Waals surface area contributed by atoms with E-state index >= 15 is 0 Å². The number of carbonyl (C=O) groups is 2. The largest absolute Gasteiger partial charge is 0.481 e. The van der Waals surface area contributed by atoms with Crippen LogP contribution < -0.4 is 5.32 Å². The van der Waals surface area contributed by atoms with E-state index < -0.39 is 5.97 Å². The summed E-state index contributed by atoms with van der Waals surface area (Å²) in [6.45, 7) is 5.46. The zero-order chi connectivity index (χ0) is 13.1. The second kappa shape index (κ2) is 10.0. The molecule has 2 N–H and O–H groups in total. The van der Waals surface area contributed by atoms with Crippen LogP contribution in [0.4, 0.5) is 0 Å². The SMILES string of the molecule is CCOCCOCC(=O)NCC(C)CC(=O)O. The zero-order valence-electron chi connectivity index (χ0n) is 10.4. The fraction of sp³-hybridized carbons (Fsp3) is 0.818. The van der Waals surface area contributed by atoms with Gasteiger partial charge in [0.25, 0.3) is 0 Å². The predicted octanol–water partition coefficient (Wildman–Crippen LogP) is 0.266. The van der Waals surface area contributed by atoms with Crippen molar-refractivity contribution in [2.24, 2.45) is 5.92 Å². The third-order valence-corrected chi connectivity index (χ3v) is 1.98. The monoisotopic (exact) mass is 247 g/mol. The quantitative estimate of drug-likeness (QED) is 0.541. The van der Waals surface area contributed by atoms with E-state index in [1.54, 1.807) is 6.92 Å². The Labute approximate surface area is 101 Å². The smallest absolute Gasteiger partial charge is 0.303 e. The minimum Gasteiger partial charge on any atom is -0.481 e. The number of nitrogens with one attached hydrogen (secondary N) is 1. The standard InChI is InChI=1S/C11H21NO5/c1-3-16-4-5-17-8-10(13)12-7-9(2)6-11(14)15/h9H,3-8H2,1-2H3,(H,12,13)(H,14,15). The van der Waals surface area contributed by atoms with Gasteiger partial charge in [-0.15, -0.1) is 0 Å². The number of aliphatic carboxylic acids is 1. The van der Waals surface area contributed by atoms with Crippen molar-refractivity contribution in [3.05, 3.63) is 0 Å². The molecule has 1 atom stereocenters. The van der Waals surface area contributed by atoms with Gasteiger partial charge in [0.1, 0.15) is 6.61 Å². The molecule has 0 spiro atoms. The Bertz CT molecular complexity index is 232. The maximum absolute atomic E-state index is 11.2. The first-order valence-corrected chi connectivity index (χ1v) is 5.70. The van der Waals surface area contributed by atoms with Crippen molar-refractivity contribution in [3.63, 3.8) is 0 Å². The predicted molar refractivity (Wildman–Crippen MR) is 61.7 cm³/mol. The van der Waals surface area contributed by atoms with E-state index in [0.717, 1.165) is 0 Å². The minimum absolute atomic E-state index is 0.0210. The fourth-order valence-electron chi connectivity index (χ4n) is 1.14. The van der Waals surface area contributed by atoms with Crippen molar-refractivity contribution in [3.8, 4) is 0 Å². The lowest BCUT2D eigenvalue weighted by Gasteiger charge is -2.10. The molecule has 0 fully saturated rings. The van der Waals surface area contributed by atoms with Crippen molar-refractivity contribution >= 4 is 11.9 Å². The Balaban J connectivity index is 3.42. The Morgan fingerprint density at radius 3 is 2.53 bits per heavy atom. The third kappa shape index (κ3) is 11.1. The third-order valence-electron chi connectivity index (χ3n) is 1.98. The normalized spacial score (nSPS) is 12.1. The lowest BCUT2D eigenvalue weighted by Crippen LogP contribution is -2.32. The lowest BCUT2D eigenvalue weighted by molar-refractivity contribution is -0.138. The van der Waals surface area contributed by atoms with Crippen LogP contribution in [0.1, 0.15) is 20.3 Å². The number of rotatable bonds is 10. The van der Waals surface area contributed by atoms with Crippen LogP contribution in [0.3, 0.4) is 0 Å². The molecule has 6 heteroatoms. The molecular formula is C11H21NO5. The molecule has 17 heavy (non-hydrogen) atoms. The summed E-state index contributed by atoms with van der Waals surface area (Å²) in [6, 6.07) is 0. The molecule has 0 aliphatic carbocycles. The lowest BCUT2D eigenvalue weighted by atomic mass is 10.1. The van der Waals surface area contributed by atoms with Gasteiger partial charge in [-0.25, -0.2) is 0 Å². The minimum atomic E-state index is -0.861. The van der Waals surface area contributed by atoms with Crippen molar-refractivity contribution in [2.75, 3.05) is 33.0 Å². The van der Waals surface area contributed by atoms with E-state index in [1.165, 1.54) is 0 Å². The van der Waals surface area contributed by atoms with Gasteiger partial charge in [0.15, 0.2) is 0 Å². The van der Waals surface area contributed by atoms with Gasteiger partial charge in [-0.05, 0) is 12.8 Å². The van der Waals surface area contributed by atoms with Gasteiger partial charge < -0.3 is 19.9 Å². The molecule has 0 heterocycles. The van der Waals surface area contributed by atoms with Crippen LogP contribution in [0.2, 0.25) is 0 Å². The number of hydrogen-bond donors (Lipinski definition) is 2. The van der Waals surface area contributed by atoms with Crippen molar-refractivity contribution in [1.29, 1.82) is 0 Å². The van der Waals surface area contributed by atoms with Gasteiger partial charge in [-0.3, -0.25) is 9.59 Å². The Morgan fingerprint density at radius 2 is 1.94 bits per heavy atom. The number of carbonyl (C=O) groups excluding carboxylic acids is 1. The van der Waals surface area contributed by atoms with Crippen LogP contribution in [0.5, 0.6) is 0 Å². The second-order valence-corrected chi connectivity index (χ2v) is 3.76. The van der Waals surface area contributed by atoms with Crippen molar-refractivity contribution < 1.29 is 24.2 Å². The first-order valence-electron chi connectivity index (χ1n) is 5.70. The van der Waals surface area contributed by atoms with Crippen LogP contribution in [-0.2, 0) is 19.1 Å². The highest BCUT2D eigenvalue weighted by Crippen LogP contribution is 1.98. The summed E-state index contributed by atoms with van der Waals surface area (Å²) in [5, 5.41) is 11.1. The van der Waals surface area contributed by atoms with E-state index in [1.807, 2.05) is 6.92 Å². The van der Waals surface area contributed by atoms with Crippen LogP contribution in [0, 0.1) is 5.92 Å². The van der Waals surface area contributed by atoms with E-state index in [-0.39, 0.29) is 24.9 Å². The zero-order valence-corrected chi connectivity index (χ0v) is 10.4. The van der Waals surface area contributed by atoms with Crippen LogP contribution in [0.15, 0.2) is 0 Å². The summed E-state index contributed by atoms with van der Waals surface area (Å²) in [7, 11) is 0. The van der Waals surface area contributed by atoms with E-state index in [9.17, 15) is 9.59 Å². The molecule has 0 aliphatic heterocycles. The Hall–Kier alpha value is -1.14. The molecular weight excluding hydrogens is 226 g/mol. The van der Waals surface area contributed by atoms with Gasteiger partial charge in [-0.1, -0.05) is 6.92 Å². The first-order chi connectivity index (χ1) is 8.06. The van der Waals surface area contributed by atoms with E-state index in [4.69, 9.17) is 14.6 Å². The highest BCUT2D eigenvalue weighted by molar-refractivity contribution is 5.77. The molecule has 1 amide bonds. The maximum Gasteiger partial charge on any atom is 0.303 e. The molecule has 0 saturated carbocycles. The van der Waals surface area contributed by atoms with Gasteiger partial charge in [0, 0.05) is 19.6 Å². The number of carboxylic acids is 1. The number of ether oxygens (including phenoxy) is 2. The van der Waals surface area contributed by atoms with Crippen LogP contribution in [0.25, 0.3) is 0 Å². The molecule has 0 rings (SSSR count). The Morgan fingerprint density at radius 1 is 1.29 bits per heavy atom. The van der Waals surface area contributed by atoms with Crippen LogP contribution >= 0.6 is 0 Å². The molecule has 0 bridgehead atoms. The topological polar surface area (TPSA) is 84.9 Å². The fourth-order valence-corrected chi connectivity index (χ4v) is 1.14. The molecule has 0 aromatic heterocycles. The van der Waals surface area contributed by atoms with Gasteiger partial charge in [-0.2, -0.15) is 0 Å². The first kappa shape index (κ1) is 15.9. The molecule has 0 radical (unpaired) electrons. The summed E-state index contributed by atoms with van der Waals surface area (Å²) in [5.41, 5.74) is 0. The van der Waals surface area contributed by atoms with Crippen molar-refractivity contribution in [2.45, 2.75) is 20.3 Å². The number of hydrogen-bond acceptors (Lipinski definition) is 4. The number of carboxylic acid groups (broad SMARTS) is 1. The molecule has 100 valence electrons. The average molecular weight is 247 g/mol. The summed E-state index contributed by atoms with van der Waals surface area (Å²) in [4.78, 5) is 21.6. The second-order valence-electron chi connectivity index (χ2n) is 3.76. The number of amides is 1. The van der Waals surface area contributed by atoms with Gasteiger partial charge in [0.2, 0.25) is 5.91 Å². The molecule has 1 unspecified atom stereocenters. The Kier molecular flexibility index (Phi) is 9.37. The van der Waals surface area contributed by atoms with Gasteiger partial charge >= 0.3 is 5.97 Å². The highest BCUT2D eigenvalue weighted by Gasteiger charge is 2.09. The maximum atomic E-state index is 11.2. The van der Waals surface area contributed by atoms with Gasteiger partial charge in [0.05, 0.1) is 13.2 Å². The molecule has 0 aromatic carbocycles. The molecule has 0 saturated heterocycles. The summed E-state index contributed by atoms with van der Waals surface area (Å²) in [5.74, 6) is -1.18. The summed E-state index contributed by atoms with van der Waals surface area (Å²) < 4.78 is 10.1. The molecule has 6 nitrogen and oxygen atoms in total. The van der Waals surface area contributed by atoms with Crippen LogP contribution in [-0.4, -0.2) is 50.0 Å².